The van der Waals surface area contributed by atoms with Crippen molar-refractivity contribution in [1.82, 2.24) is 19.6 Å². The molecule has 146 valence electrons. The fourth-order valence-electron chi connectivity index (χ4n) is 3.73. The van der Waals surface area contributed by atoms with Crippen molar-refractivity contribution in [3.05, 3.63) is 48.0 Å². The highest BCUT2D eigenvalue weighted by atomic mass is 32.2. The largest absolute Gasteiger partial charge is 0.377 e. The summed E-state index contributed by atoms with van der Waals surface area (Å²) in [5, 5.41) is 3.54. The molecule has 4 rings (SSSR count). The van der Waals surface area contributed by atoms with Crippen LogP contribution in [0.3, 0.4) is 0 Å². The molecule has 2 aromatic rings. The van der Waals surface area contributed by atoms with E-state index in [0.29, 0.717) is 13.1 Å². The van der Waals surface area contributed by atoms with Gasteiger partial charge in [0.15, 0.2) is 0 Å². The zero-order valence-electron chi connectivity index (χ0n) is 15.3. The summed E-state index contributed by atoms with van der Waals surface area (Å²) in [7, 11) is -3.50. The van der Waals surface area contributed by atoms with E-state index in [4.69, 9.17) is 4.74 Å². The van der Waals surface area contributed by atoms with Gasteiger partial charge in [-0.25, -0.2) is 18.1 Å². The Morgan fingerprint density at radius 3 is 2.81 bits per heavy atom. The molecule has 7 nitrogen and oxygen atoms in total. The molecule has 0 bridgehead atoms. The van der Waals surface area contributed by atoms with E-state index in [-0.39, 0.29) is 17.0 Å². The lowest BCUT2D eigenvalue weighted by Crippen LogP contribution is -2.31. The smallest absolute Gasteiger partial charge is 0.240 e. The summed E-state index contributed by atoms with van der Waals surface area (Å²) >= 11 is 0. The van der Waals surface area contributed by atoms with Gasteiger partial charge in [-0.3, -0.25) is 0 Å². The number of sulfonamides is 1. The van der Waals surface area contributed by atoms with Gasteiger partial charge in [-0.05, 0) is 43.4 Å². The minimum atomic E-state index is -3.50. The van der Waals surface area contributed by atoms with Crippen molar-refractivity contribution in [1.29, 1.82) is 0 Å². The van der Waals surface area contributed by atoms with Crippen LogP contribution in [0.4, 0.5) is 0 Å². The highest BCUT2D eigenvalue weighted by molar-refractivity contribution is 7.89. The monoisotopic (exact) mass is 390 g/mol. The average molecular weight is 391 g/mol. The second-order valence-corrected chi connectivity index (χ2v) is 8.95. The molecule has 0 spiro atoms. The molecule has 2 aliphatic rings. The Hall–Kier alpha value is -1.74. The molecule has 1 aromatic carbocycles. The van der Waals surface area contributed by atoms with Crippen molar-refractivity contribution in [2.75, 3.05) is 13.2 Å². The summed E-state index contributed by atoms with van der Waals surface area (Å²) < 4.78 is 35.1. The number of imidazole rings is 1. The molecule has 8 heteroatoms. The maximum Gasteiger partial charge on any atom is 0.240 e. The van der Waals surface area contributed by atoms with Crippen LogP contribution in [0.2, 0.25) is 0 Å². The van der Waals surface area contributed by atoms with Gasteiger partial charge < -0.3 is 14.6 Å². The van der Waals surface area contributed by atoms with Crippen LogP contribution in [0.15, 0.2) is 41.6 Å². The van der Waals surface area contributed by atoms with Gasteiger partial charge in [-0.2, -0.15) is 0 Å². The first kappa shape index (κ1) is 18.6. The number of benzene rings is 1. The number of nitrogens with zero attached hydrogens (tertiary/aromatic N) is 2. The Labute approximate surface area is 160 Å². The minimum absolute atomic E-state index is 0.00806. The van der Waals surface area contributed by atoms with Gasteiger partial charge in [-0.15, -0.1) is 0 Å². The predicted molar refractivity (Wildman–Crippen MR) is 102 cm³/mol. The number of ether oxygens (including phenoxy) is 1. The van der Waals surface area contributed by atoms with Crippen LogP contribution in [0.5, 0.6) is 0 Å². The number of hydrogen-bond donors (Lipinski definition) is 2. The molecule has 2 N–H and O–H groups in total. The Kier molecular flexibility index (Phi) is 5.58. The van der Waals surface area contributed by atoms with Gasteiger partial charge in [0, 0.05) is 38.6 Å². The molecule has 3 heterocycles. The quantitative estimate of drug-likeness (QED) is 0.755. The predicted octanol–water partition coefficient (Wildman–Crippen LogP) is 1.97. The van der Waals surface area contributed by atoms with E-state index >= 15 is 0 Å². The second kappa shape index (κ2) is 8.10. The standard InChI is InChI=1S/C19H26N4O3S/c24-27(25,22-14-16-3-2-12-26-16)17-7-5-15(6-8-17)13-21-18-4-1-10-23-11-9-20-19(18)23/h5-9,11,16,18,21-22H,1-4,10,12-14H2. The normalized spacial score (nSPS) is 22.7. The SMILES string of the molecule is O=S(=O)(NCC1CCCO1)c1ccc(CNC2CCCn3ccnc32)cc1. The second-order valence-electron chi connectivity index (χ2n) is 7.19. The third kappa shape index (κ3) is 4.40. The van der Waals surface area contributed by atoms with E-state index in [2.05, 4.69) is 19.6 Å². The van der Waals surface area contributed by atoms with E-state index in [1.165, 1.54) is 0 Å². The van der Waals surface area contributed by atoms with Crippen LogP contribution in [0.25, 0.3) is 0 Å². The summed E-state index contributed by atoms with van der Waals surface area (Å²) in [5.41, 5.74) is 1.05. The third-order valence-electron chi connectivity index (χ3n) is 5.26. The van der Waals surface area contributed by atoms with Crippen LogP contribution >= 0.6 is 0 Å². The Bertz CT molecular complexity index is 857. The third-order valence-corrected chi connectivity index (χ3v) is 6.70. The summed E-state index contributed by atoms with van der Waals surface area (Å²) in [5.74, 6) is 1.08. The van der Waals surface area contributed by atoms with Crippen molar-refractivity contribution >= 4 is 10.0 Å². The Morgan fingerprint density at radius 1 is 1.19 bits per heavy atom. The van der Waals surface area contributed by atoms with Crippen molar-refractivity contribution in [2.45, 2.75) is 55.8 Å². The number of nitrogens with one attached hydrogen (secondary N) is 2. The molecule has 0 amide bonds. The molecule has 1 aromatic heterocycles. The van der Waals surface area contributed by atoms with Gasteiger partial charge in [-0.1, -0.05) is 12.1 Å². The number of aromatic nitrogens is 2. The van der Waals surface area contributed by atoms with Gasteiger partial charge in [0.2, 0.25) is 10.0 Å². The van der Waals surface area contributed by atoms with Gasteiger partial charge in [0.25, 0.3) is 0 Å². The number of aryl methyl sites for hydroxylation is 1. The maximum absolute atomic E-state index is 12.4. The maximum atomic E-state index is 12.4. The van der Waals surface area contributed by atoms with Gasteiger partial charge in [0.05, 0.1) is 17.0 Å². The summed E-state index contributed by atoms with van der Waals surface area (Å²) in [6.07, 6.45) is 7.96. The average Bonchev–Trinajstić information content (AvgIpc) is 3.37. The van der Waals surface area contributed by atoms with E-state index in [9.17, 15) is 8.42 Å². The van der Waals surface area contributed by atoms with Crippen molar-refractivity contribution in [2.24, 2.45) is 0 Å². The Balaban J connectivity index is 1.33. The molecule has 1 saturated heterocycles. The van der Waals surface area contributed by atoms with E-state index in [1.807, 2.05) is 24.5 Å². The molecule has 27 heavy (non-hydrogen) atoms. The minimum Gasteiger partial charge on any atom is -0.377 e. The first-order valence-corrected chi connectivity index (χ1v) is 11.0. The molecule has 2 atom stereocenters. The molecule has 2 aliphatic heterocycles. The van der Waals surface area contributed by atoms with E-state index in [0.717, 1.165) is 50.2 Å². The number of rotatable bonds is 7. The summed E-state index contributed by atoms with van der Waals surface area (Å²) in [6.45, 7) is 2.76. The first-order valence-electron chi connectivity index (χ1n) is 9.56. The zero-order chi connectivity index (χ0) is 18.7. The van der Waals surface area contributed by atoms with Crippen LogP contribution < -0.4 is 10.0 Å². The van der Waals surface area contributed by atoms with Gasteiger partial charge in [0.1, 0.15) is 5.82 Å². The summed E-state index contributed by atoms with van der Waals surface area (Å²) in [6, 6.07) is 7.30. The zero-order valence-corrected chi connectivity index (χ0v) is 16.1. The first-order chi connectivity index (χ1) is 13.1. The van der Waals surface area contributed by atoms with E-state index < -0.39 is 10.0 Å². The molecule has 0 saturated carbocycles. The molecule has 2 unspecified atom stereocenters. The van der Waals surface area contributed by atoms with Crippen molar-refractivity contribution in [3.63, 3.8) is 0 Å². The van der Waals surface area contributed by atoms with Crippen LogP contribution in [-0.2, 0) is 27.8 Å². The summed E-state index contributed by atoms with van der Waals surface area (Å²) in [4.78, 5) is 4.74. The van der Waals surface area contributed by atoms with E-state index in [1.54, 1.807) is 12.1 Å². The molecule has 0 aliphatic carbocycles. The fraction of sp³-hybridized carbons (Fsp3) is 0.526. The van der Waals surface area contributed by atoms with Crippen molar-refractivity contribution < 1.29 is 13.2 Å². The van der Waals surface area contributed by atoms with Crippen LogP contribution in [-0.4, -0.2) is 37.2 Å². The Morgan fingerprint density at radius 2 is 2.04 bits per heavy atom. The molecule has 1 fully saturated rings. The number of hydrogen-bond acceptors (Lipinski definition) is 5. The van der Waals surface area contributed by atoms with Crippen LogP contribution in [0, 0.1) is 0 Å². The molecule has 0 radical (unpaired) electrons. The topological polar surface area (TPSA) is 85.3 Å². The van der Waals surface area contributed by atoms with Crippen molar-refractivity contribution in [3.8, 4) is 0 Å². The molecular formula is C19H26N4O3S. The van der Waals surface area contributed by atoms with Gasteiger partial charge >= 0.3 is 0 Å². The highest BCUT2D eigenvalue weighted by Crippen LogP contribution is 2.23. The van der Waals surface area contributed by atoms with Crippen LogP contribution in [0.1, 0.15) is 43.1 Å². The lowest BCUT2D eigenvalue weighted by molar-refractivity contribution is 0.114. The lowest BCUT2D eigenvalue weighted by atomic mass is 10.1. The fourth-order valence-corrected chi connectivity index (χ4v) is 4.79. The lowest BCUT2D eigenvalue weighted by Gasteiger charge is -2.24. The number of fused-ring (bicyclic) bond motifs is 1. The molecular weight excluding hydrogens is 364 g/mol. The highest BCUT2D eigenvalue weighted by Gasteiger charge is 2.22.